The topological polar surface area (TPSA) is 53.1 Å². The fourth-order valence-corrected chi connectivity index (χ4v) is 2.72. The maximum absolute atomic E-state index is 6.40. The molecule has 1 heterocycles. The molecule has 108 valence electrons. The van der Waals surface area contributed by atoms with Crippen LogP contribution in [0, 0.1) is 0 Å². The zero-order valence-electron chi connectivity index (χ0n) is 12.3. The number of hydrogen-bond donors (Lipinski definition) is 1. The van der Waals surface area contributed by atoms with Crippen molar-refractivity contribution in [3.05, 3.63) is 59.8 Å². The van der Waals surface area contributed by atoms with E-state index in [2.05, 4.69) is 17.2 Å². The Kier molecular flexibility index (Phi) is 3.62. The normalized spacial score (nSPS) is 12.5. The van der Waals surface area contributed by atoms with Crippen LogP contribution in [0.4, 0.5) is 0 Å². The molecule has 2 N–H and O–H groups in total. The molecule has 4 heteroatoms. The molecule has 0 saturated heterocycles. The molecule has 0 bridgehead atoms. The summed E-state index contributed by atoms with van der Waals surface area (Å²) in [6.45, 7) is 0. The molecule has 0 aliphatic rings. The van der Waals surface area contributed by atoms with Crippen molar-refractivity contribution >= 4 is 10.9 Å². The summed E-state index contributed by atoms with van der Waals surface area (Å²) in [6, 6.07) is 16.0. The van der Waals surface area contributed by atoms with Crippen molar-refractivity contribution in [1.82, 2.24) is 9.78 Å². The van der Waals surface area contributed by atoms with Crippen LogP contribution in [0.5, 0.6) is 5.75 Å². The van der Waals surface area contributed by atoms with Crippen LogP contribution in [0.2, 0.25) is 0 Å². The highest BCUT2D eigenvalue weighted by Gasteiger charge is 2.17. The molecule has 4 nitrogen and oxygen atoms in total. The molecule has 3 rings (SSSR count). The molecular weight excluding hydrogens is 262 g/mol. The van der Waals surface area contributed by atoms with Gasteiger partial charge in [0.05, 0.1) is 24.4 Å². The number of fused-ring (bicyclic) bond motifs is 1. The van der Waals surface area contributed by atoms with E-state index in [0.717, 1.165) is 27.9 Å². The quantitative estimate of drug-likeness (QED) is 0.800. The predicted molar refractivity (Wildman–Crippen MR) is 84.3 cm³/mol. The average molecular weight is 281 g/mol. The van der Waals surface area contributed by atoms with Gasteiger partial charge in [-0.15, -0.1) is 0 Å². The van der Waals surface area contributed by atoms with Gasteiger partial charge in [-0.1, -0.05) is 36.4 Å². The Labute approximate surface area is 124 Å². The van der Waals surface area contributed by atoms with E-state index < -0.39 is 0 Å². The second-order valence-corrected chi connectivity index (χ2v) is 5.15. The number of aryl methyl sites for hydroxylation is 1. The third kappa shape index (κ3) is 2.50. The van der Waals surface area contributed by atoms with Gasteiger partial charge in [-0.05, 0) is 24.1 Å². The summed E-state index contributed by atoms with van der Waals surface area (Å²) in [5.41, 5.74) is 9.53. The third-order valence-corrected chi connectivity index (χ3v) is 3.77. The van der Waals surface area contributed by atoms with E-state index in [1.54, 1.807) is 7.11 Å². The number of para-hydroxylation sites is 2. The van der Waals surface area contributed by atoms with Gasteiger partial charge in [-0.2, -0.15) is 5.10 Å². The minimum atomic E-state index is -0.160. The first-order valence-corrected chi connectivity index (χ1v) is 7.00. The van der Waals surface area contributed by atoms with Crippen molar-refractivity contribution in [2.24, 2.45) is 12.8 Å². The van der Waals surface area contributed by atoms with Crippen LogP contribution < -0.4 is 10.5 Å². The molecular formula is C17H19N3O. The smallest absolute Gasteiger partial charge is 0.122 e. The Morgan fingerprint density at radius 2 is 1.86 bits per heavy atom. The predicted octanol–water partition coefficient (Wildman–Crippen LogP) is 2.82. The lowest BCUT2D eigenvalue weighted by molar-refractivity contribution is 0.408. The van der Waals surface area contributed by atoms with Crippen molar-refractivity contribution in [2.45, 2.75) is 12.5 Å². The molecule has 0 spiro atoms. The molecule has 0 fully saturated rings. The lowest BCUT2D eigenvalue weighted by Crippen LogP contribution is -2.15. The minimum Gasteiger partial charge on any atom is -0.496 e. The van der Waals surface area contributed by atoms with E-state index >= 15 is 0 Å². The first-order valence-electron chi connectivity index (χ1n) is 7.00. The fraction of sp³-hybridized carbons (Fsp3) is 0.235. The standard InChI is InChI=1S/C17H19N3O/c1-20-15-9-5-4-8-13(15)17(19-20)14(18)11-12-7-3-6-10-16(12)21-2/h3-10,14H,11,18H2,1-2H3. The molecule has 1 atom stereocenters. The molecule has 1 unspecified atom stereocenters. The Morgan fingerprint density at radius 1 is 1.14 bits per heavy atom. The highest BCUT2D eigenvalue weighted by atomic mass is 16.5. The van der Waals surface area contributed by atoms with Crippen LogP contribution in [0.1, 0.15) is 17.3 Å². The Bertz CT molecular complexity index is 764. The van der Waals surface area contributed by atoms with Crippen molar-refractivity contribution in [3.63, 3.8) is 0 Å². The largest absolute Gasteiger partial charge is 0.496 e. The molecule has 2 aromatic carbocycles. The van der Waals surface area contributed by atoms with E-state index in [-0.39, 0.29) is 6.04 Å². The van der Waals surface area contributed by atoms with Gasteiger partial charge in [0.2, 0.25) is 0 Å². The number of ether oxygens (including phenoxy) is 1. The second kappa shape index (κ2) is 5.58. The van der Waals surface area contributed by atoms with Gasteiger partial charge >= 0.3 is 0 Å². The van der Waals surface area contributed by atoms with E-state index in [0.29, 0.717) is 6.42 Å². The maximum atomic E-state index is 6.40. The van der Waals surface area contributed by atoms with E-state index in [4.69, 9.17) is 10.5 Å². The van der Waals surface area contributed by atoms with Crippen LogP contribution in [0.25, 0.3) is 10.9 Å². The number of rotatable bonds is 4. The highest BCUT2D eigenvalue weighted by molar-refractivity contribution is 5.82. The van der Waals surface area contributed by atoms with Gasteiger partial charge < -0.3 is 10.5 Å². The second-order valence-electron chi connectivity index (χ2n) is 5.15. The molecule has 3 aromatic rings. The summed E-state index contributed by atoms with van der Waals surface area (Å²) in [7, 11) is 3.63. The first kappa shape index (κ1) is 13.6. The van der Waals surface area contributed by atoms with E-state index in [9.17, 15) is 0 Å². The van der Waals surface area contributed by atoms with Crippen molar-refractivity contribution in [3.8, 4) is 5.75 Å². The lowest BCUT2D eigenvalue weighted by Gasteiger charge is -2.12. The van der Waals surface area contributed by atoms with Crippen molar-refractivity contribution in [2.75, 3.05) is 7.11 Å². The van der Waals surface area contributed by atoms with E-state index in [1.807, 2.05) is 48.1 Å². The summed E-state index contributed by atoms with van der Waals surface area (Å²) in [5.74, 6) is 0.869. The Hall–Kier alpha value is -2.33. The Morgan fingerprint density at radius 3 is 2.67 bits per heavy atom. The van der Waals surface area contributed by atoms with Gasteiger partial charge in [0.25, 0.3) is 0 Å². The van der Waals surface area contributed by atoms with Gasteiger partial charge in [0.15, 0.2) is 0 Å². The number of nitrogens with zero attached hydrogens (tertiary/aromatic N) is 2. The molecule has 0 aliphatic carbocycles. The zero-order valence-corrected chi connectivity index (χ0v) is 12.3. The average Bonchev–Trinajstić information content (AvgIpc) is 2.86. The molecule has 21 heavy (non-hydrogen) atoms. The fourth-order valence-electron chi connectivity index (χ4n) is 2.72. The van der Waals surface area contributed by atoms with Gasteiger partial charge in [0, 0.05) is 12.4 Å². The van der Waals surface area contributed by atoms with Gasteiger partial charge in [-0.25, -0.2) is 0 Å². The van der Waals surface area contributed by atoms with E-state index in [1.165, 1.54) is 0 Å². The highest BCUT2D eigenvalue weighted by Crippen LogP contribution is 2.27. The number of hydrogen-bond acceptors (Lipinski definition) is 3. The molecule has 0 radical (unpaired) electrons. The summed E-state index contributed by atoms with van der Waals surface area (Å²) in [6.07, 6.45) is 0.699. The van der Waals surface area contributed by atoms with Crippen LogP contribution in [0.15, 0.2) is 48.5 Å². The molecule has 1 aromatic heterocycles. The van der Waals surface area contributed by atoms with Crippen LogP contribution >= 0.6 is 0 Å². The van der Waals surface area contributed by atoms with Crippen LogP contribution in [-0.4, -0.2) is 16.9 Å². The summed E-state index contributed by atoms with van der Waals surface area (Å²) in [4.78, 5) is 0. The van der Waals surface area contributed by atoms with Crippen molar-refractivity contribution < 1.29 is 4.74 Å². The summed E-state index contributed by atoms with van der Waals surface area (Å²) < 4.78 is 7.28. The van der Waals surface area contributed by atoms with Gasteiger partial charge in [-0.3, -0.25) is 4.68 Å². The molecule has 0 saturated carbocycles. The summed E-state index contributed by atoms with van der Waals surface area (Å²) in [5, 5.41) is 5.71. The Balaban J connectivity index is 1.96. The molecule has 0 aliphatic heterocycles. The monoisotopic (exact) mass is 281 g/mol. The van der Waals surface area contributed by atoms with Gasteiger partial charge in [0.1, 0.15) is 5.75 Å². The van der Waals surface area contributed by atoms with Crippen LogP contribution in [0.3, 0.4) is 0 Å². The lowest BCUT2D eigenvalue weighted by atomic mass is 10.0. The first-order chi connectivity index (χ1) is 10.2. The third-order valence-electron chi connectivity index (χ3n) is 3.77. The minimum absolute atomic E-state index is 0.160. The molecule has 0 amide bonds. The summed E-state index contributed by atoms with van der Waals surface area (Å²) >= 11 is 0. The SMILES string of the molecule is COc1ccccc1CC(N)c1nn(C)c2ccccc12. The van der Waals surface area contributed by atoms with Crippen LogP contribution in [-0.2, 0) is 13.5 Å². The van der Waals surface area contributed by atoms with Crippen molar-refractivity contribution in [1.29, 1.82) is 0 Å². The number of aromatic nitrogens is 2. The maximum Gasteiger partial charge on any atom is 0.122 e. The number of benzene rings is 2. The zero-order chi connectivity index (χ0) is 14.8. The number of methoxy groups -OCH3 is 1. The number of nitrogens with two attached hydrogens (primary N) is 1.